The summed E-state index contributed by atoms with van der Waals surface area (Å²) in [5.74, 6) is -0.241. The number of hydrogen-bond donors (Lipinski definition) is 1. The van der Waals surface area contributed by atoms with E-state index in [0.29, 0.717) is 18.6 Å². The summed E-state index contributed by atoms with van der Waals surface area (Å²) in [6.07, 6.45) is 4.22. The van der Waals surface area contributed by atoms with Crippen LogP contribution in [0.25, 0.3) is 0 Å². The highest BCUT2D eigenvalue weighted by Gasteiger charge is 2.42. The Morgan fingerprint density at radius 3 is 2.64 bits per heavy atom. The minimum Gasteiger partial charge on any atom is -0.347 e. The van der Waals surface area contributed by atoms with Crippen LogP contribution in [-0.4, -0.2) is 49.6 Å². The van der Waals surface area contributed by atoms with Gasteiger partial charge in [0.05, 0.1) is 13.2 Å². The zero-order chi connectivity index (χ0) is 16.2. The lowest BCUT2D eigenvalue weighted by Crippen LogP contribution is -2.51. The van der Waals surface area contributed by atoms with Gasteiger partial charge in [0, 0.05) is 25.6 Å². The Bertz CT molecular complexity index is 373. The first-order valence-electron chi connectivity index (χ1n) is 8.61. The molecule has 2 rings (SSSR count). The molecule has 2 aliphatic heterocycles. The molecule has 0 aromatic heterocycles. The van der Waals surface area contributed by atoms with Crippen molar-refractivity contribution in [1.82, 2.24) is 10.2 Å². The molecule has 0 aromatic carbocycles. The summed E-state index contributed by atoms with van der Waals surface area (Å²) < 4.78 is 11.5. The van der Waals surface area contributed by atoms with Gasteiger partial charge in [-0.15, -0.1) is 0 Å². The highest BCUT2D eigenvalue weighted by molar-refractivity contribution is 5.74. The van der Waals surface area contributed by atoms with Gasteiger partial charge in [-0.25, -0.2) is 4.79 Å². The molecule has 0 bridgehead atoms. The third-order valence-electron chi connectivity index (χ3n) is 4.69. The average Bonchev–Trinajstić information content (AvgIpc) is 2.91. The molecule has 2 saturated heterocycles. The molecule has 128 valence electrons. The summed E-state index contributed by atoms with van der Waals surface area (Å²) in [6, 6.07) is 0.0557. The van der Waals surface area contributed by atoms with Crippen molar-refractivity contribution in [3.63, 3.8) is 0 Å². The largest absolute Gasteiger partial charge is 0.347 e. The van der Waals surface area contributed by atoms with Crippen LogP contribution >= 0.6 is 0 Å². The summed E-state index contributed by atoms with van der Waals surface area (Å²) in [7, 11) is 0. The van der Waals surface area contributed by atoms with Gasteiger partial charge < -0.3 is 19.7 Å². The van der Waals surface area contributed by atoms with Crippen LogP contribution in [-0.2, 0) is 9.47 Å². The number of ether oxygens (including phenoxy) is 2. The van der Waals surface area contributed by atoms with Crippen LogP contribution in [0.1, 0.15) is 53.4 Å². The highest BCUT2D eigenvalue weighted by atomic mass is 16.7. The van der Waals surface area contributed by atoms with Gasteiger partial charge in [-0.1, -0.05) is 20.8 Å². The van der Waals surface area contributed by atoms with Crippen molar-refractivity contribution in [1.29, 1.82) is 0 Å². The van der Waals surface area contributed by atoms with E-state index in [1.165, 1.54) is 0 Å². The SMILES string of the molecule is CC(C)(C)CCCNC(=O)N1CCCC(C2(C)OCCO2)C1. The molecule has 2 amide bonds. The first-order valence-corrected chi connectivity index (χ1v) is 8.61. The molecular weight excluding hydrogens is 280 g/mol. The van der Waals surface area contributed by atoms with Crippen molar-refractivity contribution < 1.29 is 14.3 Å². The standard InChI is InChI=1S/C17H32N2O3/c1-16(2,3)8-6-9-18-15(20)19-10-5-7-14(13-19)17(4)21-11-12-22-17/h14H,5-13H2,1-4H3,(H,18,20). The molecule has 2 heterocycles. The van der Waals surface area contributed by atoms with E-state index in [4.69, 9.17) is 9.47 Å². The number of nitrogens with one attached hydrogen (secondary N) is 1. The van der Waals surface area contributed by atoms with Crippen molar-refractivity contribution in [3.05, 3.63) is 0 Å². The monoisotopic (exact) mass is 312 g/mol. The fourth-order valence-electron chi connectivity index (χ4n) is 3.28. The van der Waals surface area contributed by atoms with E-state index in [2.05, 4.69) is 26.1 Å². The summed E-state index contributed by atoms with van der Waals surface area (Å²) in [6.45, 7) is 12.3. The molecule has 2 aliphatic rings. The second-order valence-corrected chi connectivity index (χ2v) is 7.89. The number of carbonyl (C=O) groups excluding carboxylic acids is 1. The Labute approximate surface area is 134 Å². The summed E-state index contributed by atoms with van der Waals surface area (Å²) in [5, 5.41) is 3.05. The number of amides is 2. The topological polar surface area (TPSA) is 50.8 Å². The number of rotatable bonds is 4. The second-order valence-electron chi connectivity index (χ2n) is 7.89. The zero-order valence-electron chi connectivity index (χ0n) is 14.6. The first-order chi connectivity index (χ1) is 10.3. The third kappa shape index (κ3) is 4.85. The third-order valence-corrected chi connectivity index (χ3v) is 4.69. The molecule has 0 aromatic rings. The molecule has 0 aliphatic carbocycles. The molecular formula is C17H32N2O3. The Kier molecular flexibility index (Phi) is 5.72. The van der Waals surface area contributed by atoms with Gasteiger partial charge >= 0.3 is 6.03 Å². The minimum atomic E-state index is -0.509. The van der Waals surface area contributed by atoms with Crippen LogP contribution in [0.5, 0.6) is 0 Å². The van der Waals surface area contributed by atoms with Crippen LogP contribution < -0.4 is 5.32 Å². The van der Waals surface area contributed by atoms with Crippen molar-refractivity contribution >= 4 is 6.03 Å². The van der Waals surface area contributed by atoms with E-state index < -0.39 is 5.79 Å². The van der Waals surface area contributed by atoms with Gasteiger partial charge in [0.15, 0.2) is 5.79 Å². The predicted molar refractivity (Wildman–Crippen MR) is 86.7 cm³/mol. The number of nitrogens with zero attached hydrogens (tertiary/aromatic N) is 1. The Morgan fingerprint density at radius 1 is 1.32 bits per heavy atom. The smallest absolute Gasteiger partial charge is 0.317 e. The van der Waals surface area contributed by atoms with Crippen molar-refractivity contribution in [2.45, 2.75) is 59.2 Å². The van der Waals surface area contributed by atoms with Crippen molar-refractivity contribution in [2.75, 3.05) is 32.8 Å². The normalized spacial score (nSPS) is 25.3. The van der Waals surface area contributed by atoms with Crippen LogP contribution in [0.2, 0.25) is 0 Å². The average molecular weight is 312 g/mol. The van der Waals surface area contributed by atoms with Crippen LogP contribution in [0.4, 0.5) is 4.79 Å². The van der Waals surface area contributed by atoms with Gasteiger partial charge in [-0.2, -0.15) is 0 Å². The van der Waals surface area contributed by atoms with E-state index in [1.54, 1.807) is 0 Å². The molecule has 2 fully saturated rings. The van der Waals surface area contributed by atoms with E-state index in [9.17, 15) is 4.79 Å². The van der Waals surface area contributed by atoms with Gasteiger partial charge in [0.1, 0.15) is 0 Å². The van der Waals surface area contributed by atoms with Crippen molar-refractivity contribution in [2.24, 2.45) is 11.3 Å². The fraction of sp³-hybridized carbons (Fsp3) is 0.941. The highest BCUT2D eigenvalue weighted by Crippen LogP contribution is 2.34. The van der Waals surface area contributed by atoms with Gasteiger partial charge in [0.25, 0.3) is 0 Å². The van der Waals surface area contributed by atoms with Gasteiger partial charge in [0.2, 0.25) is 0 Å². The summed E-state index contributed by atoms with van der Waals surface area (Å²) >= 11 is 0. The fourth-order valence-corrected chi connectivity index (χ4v) is 3.28. The lowest BCUT2D eigenvalue weighted by atomic mass is 9.90. The summed E-state index contributed by atoms with van der Waals surface area (Å²) in [5.41, 5.74) is 0.326. The maximum atomic E-state index is 12.3. The molecule has 5 nitrogen and oxygen atoms in total. The molecule has 22 heavy (non-hydrogen) atoms. The second kappa shape index (κ2) is 7.18. The number of carbonyl (C=O) groups is 1. The molecule has 5 heteroatoms. The maximum absolute atomic E-state index is 12.3. The van der Waals surface area contributed by atoms with E-state index in [0.717, 1.165) is 45.3 Å². The van der Waals surface area contributed by atoms with Crippen LogP contribution in [0.15, 0.2) is 0 Å². The molecule has 1 N–H and O–H groups in total. The van der Waals surface area contributed by atoms with Gasteiger partial charge in [-0.05, 0) is 38.0 Å². The molecule has 0 radical (unpaired) electrons. The minimum absolute atomic E-state index is 0.0557. The number of urea groups is 1. The molecule has 1 atom stereocenters. The summed E-state index contributed by atoms with van der Waals surface area (Å²) in [4.78, 5) is 14.2. The molecule has 0 spiro atoms. The van der Waals surface area contributed by atoms with Crippen molar-refractivity contribution in [3.8, 4) is 0 Å². The number of piperidine rings is 1. The van der Waals surface area contributed by atoms with E-state index in [1.807, 2.05) is 11.8 Å². The van der Waals surface area contributed by atoms with Gasteiger partial charge in [-0.3, -0.25) is 0 Å². The quantitative estimate of drug-likeness (QED) is 0.812. The van der Waals surface area contributed by atoms with Crippen LogP contribution in [0.3, 0.4) is 0 Å². The number of likely N-dealkylation sites (tertiary alicyclic amines) is 1. The lowest BCUT2D eigenvalue weighted by molar-refractivity contribution is -0.189. The Hall–Kier alpha value is -0.810. The molecule has 0 saturated carbocycles. The number of hydrogen-bond acceptors (Lipinski definition) is 3. The Balaban J connectivity index is 1.75. The van der Waals surface area contributed by atoms with E-state index >= 15 is 0 Å². The maximum Gasteiger partial charge on any atom is 0.317 e. The zero-order valence-corrected chi connectivity index (χ0v) is 14.6. The van der Waals surface area contributed by atoms with E-state index in [-0.39, 0.29) is 11.9 Å². The lowest BCUT2D eigenvalue weighted by Gasteiger charge is -2.39. The first kappa shape index (κ1) is 17.5. The predicted octanol–water partition coefficient (Wildman–Crippen LogP) is 3.00. The molecule has 1 unspecified atom stereocenters. The van der Waals surface area contributed by atoms with Crippen LogP contribution in [0, 0.1) is 11.3 Å². The Morgan fingerprint density at radius 2 is 2.00 bits per heavy atom.